The van der Waals surface area contributed by atoms with Gasteiger partial charge in [-0.2, -0.15) is 0 Å². The summed E-state index contributed by atoms with van der Waals surface area (Å²) in [6.45, 7) is 9.03. The van der Waals surface area contributed by atoms with Crippen LogP contribution < -0.4 is 0 Å². The van der Waals surface area contributed by atoms with Crippen LogP contribution in [0.1, 0.15) is 46.7 Å². The topological polar surface area (TPSA) is 76.1 Å². The van der Waals surface area contributed by atoms with E-state index in [9.17, 15) is 9.59 Å². The molecule has 2 aromatic heterocycles. The Balaban J connectivity index is 1.54. The highest BCUT2D eigenvalue weighted by Gasteiger charge is 2.23. The predicted octanol–water partition coefficient (Wildman–Crippen LogP) is 2.90. The number of carbonyl (C=O) groups excluding carboxylic acids is 2. The summed E-state index contributed by atoms with van der Waals surface area (Å²) >= 11 is 0. The number of ether oxygens (including phenoxy) is 1. The molecule has 0 spiro atoms. The average molecular weight is 374 g/mol. The molecule has 7 nitrogen and oxygen atoms in total. The summed E-state index contributed by atoms with van der Waals surface area (Å²) < 4.78 is 16.2. The number of hydrogen-bond donors (Lipinski definition) is 0. The molecule has 0 bridgehead atoms. The van der Waals surface area contributed by atoms with E-state index in [4.69, 9.17) is 13.6 Å². The van der Waals surface area contributed by atoms with Crippen LogP contribution in [0.3, 0.4) is 0 Å². The first kappa shape index (κ1) is 19.2. The Hall–Kier alpha value is -2.54. The molecule has 146 valence electrons. The van der Waals surface area contributed by atoms with E-state index in [-0.39, 0.29) is 18.5 Å². The maximum Gasteiger partial charge on any atom is 0.303 e. The van der Waals surface area contributed by atoms with Crippen LogP contribution >= 0.6 is 0 Å². The fraction of sp³-hybridized carbons (Fsp3) is 0.500. The van der Waals surface area contributed by atoms with Crippen LogP contribution in [0.25, 0.3) is 0 Å². The van der Waals surface area contributed by atoms with Crippen LogP contribution in [0, 0.1) is 13.8 Å². The van der Waals surface area contributed by atoms with Crippen molar-refractivity contribution >= 4 is 11.9 Å². The fourth-order valence-electron chi connectivity index (χ4n) is 3.14. The highest BCUT2D eigenvalue weighted by molar-refractivity contribution is 5.91. The maximum atomic E-state index is 12.7. The Morgan fingerprint density at radius 3 is 2.56 bits per heavy atom. The number of amides is 1. The van der Waals surface area contributed by atoms with Gasteiger partial charge in [-0.15, -0.1) is 0 Å². The minimum Gasteiger partial charge on any atom is -0.461 e. The number of carbonyl (C=O) groups is 2. The van der Waals surface area contributed by atoms with Gasteiger partial charge in [-0.3, -0.25) is 14.5 Å². The summed E-state index contributed by atoms with van der Waals surface area (Å²) in [5, 5.41) is 0. The van der Waals surface area contributed by atoms with Crippen molar-refractivity contribution < 1.29 is 23.2 Å². The van der Waals surface area contributed by atoms with Crippen molar-refractivity contribution in [3.8, 4) is 0 Å². The minimum atomic E-state index is -0.327. The SMILES string of the molecule is CC(=O)OCc1ccc(CN2CCCN(C(=O)c3cc(C)c(C)o3)CC2)o1. The average Bonchev–Trinajstić information content (AvgIpc) is 3.12. The van der Waals surface area contributed by atoms with Gasteiger partial charge in [0.2, 0.25) is 0 Å². The molecule has 0 aliphatic carbocycles. The molecule has 0 atom stereocenters. The molecule has 0 unspecified atom stereocenters. The quantitative estimate of drug-likeness (QED) is 0.749. The molecule has 3 heterocycles. The minimum absolute atomic E-state index is 0.0466. The monoisotopic (exact) mass is 374 g/mol. The third-order valence-electron chi connectivity index (χ3n) is 4.77. The van der Waals surface area contributed by atoms with Crippen LogP contribution in [0.15, 0.2) is 27.0 Å². The first-order valence-electron chi connectivity index (χ1n) is 9.22. The van der Waals surface area contributed by atoms with Gasteiger partial charge in [0.25, 0.3) is 5.91 Å². The number of hydrogen-bond acceptors (Lipinski definition) is 6. The molecule has 0 radical (unpaired) electrons. The Labute approximate surface area is 158 Å². The summed E-state index contributed by atoms with van der Waals surface area (Å²) in [5.41, 5.74) is 0.997. The van der Waals surface area contributed by atoms with E-state index in [0.29, 0.717) is 31.2 Å². The van der Waals surface area contributed by atoms with E-state index < -0.39 is 0 Å². The Bertz CT molecular complexity index is 788. The first-order chi connectivity index (χ1) is 12.9. The fourth-order valence-corrected chi connectivity index (χ4v) is 3.14. The summed E-state index contributed by atoms with van der Waals surface area (Å²) in [7, 11) is 0. The third-order valence-corrected chi connectivity index (χ3v) is 4.77. The molecule has 1 aliphatic heterocycles. The van der Waals surface area contributed by atoms with Crippen molar-refractivity contribution in [2.45, 2.75) is 40.3 Å². The molecule has 2 aromatic rings. The van der Waals surface area contributed by atoms with Crippen molar-refractivity contribution in [3.05, 3.63) is 46.8 Å². The molecular weight excluding hydrogens is 348 g/mol. The number of rotatable bonds is 5. The van der Waals surface area contributed by atoms with Gasteiger partial charge in [-0.05, 0) is 44.0 Å². The highest BCUT2D eigenvalue weighted by atomic mass is 16.5. The van der Waals surface area contributed by atoms with Crippen molar-refractivity contribution in [2.24, 2.45) is 0 Å². The first-order valence-corrected chi connectivity index (χ1v) is 9.22. The van der Waals surface area contributed by atoms with Crippen molar-refractivity contribution in [2.75, 3.05) is 26.2 Å². The van der Waals surface area contributed by atoms with Gasteiger partial charge in [0.15, 0.2) is 5.76 Å². The molecule has 1 fully saturated rings. The highest BCUT2D eigenvalue weighted by Crippen LogP contribution is 2.18. The van der Waals surface area contributed by atoms with Gasteiger partial charge in [-0.25, -0.2) is 0 Å². The number of esters is 1. The smallest absolute Gasteiger partial charge is 0.303 e. The van der Waals surface area contributed by atoms with Crippen molar-refractivity contribution in [1.29, 1.82) is 0 Å². The van der Waals surface area contributed by atoms with Crippen LogP contribution in [0.5, 0.6) is 0 Å². The number of nitrogens with zero attached hydrogens (tertiary/aromatic N) is 2. The molecule has 1 amide bonds. The molecule has 7 heteroatoms. The lowest BCUT2D eigenvalue weighted by Gasteiger charge is -2.20. The van der Waals surface area contributed by atoms with Crippen LogP contribution in [-0.4, -0.2) is 47.9 Å². The maximum absolute atomic E-state index is 12.7. The molecule has 3 rings (SSSR count). The van der Waals surface area contributed by atoms with Gasteiger partial charge in [-0.1, -0.05) is 0 Å². The molecule has 0 N–H and O–H groups in total. The predicted molar refractivity (Wildman–Crippen MR) is 98.2 cm³/mol. The summed E-state index contributed by atoms with van der Waals surface area (Å²) in [6.07, 6.45) is 0.894. The van der Waals surface area contributed by atoms with E-state index >= 15 is 0 Å². The standard InChI is InChI=1S/C20H26N2O5/c1-14-11-19(26-15(14)2)20(24)22-8-4-7-21(9-10-22)12-17-5-6-18(27-17)13-25-16(3)23/h5-6,11H,4,7-10,12-13H2,1-3H3. The largest absolute Gasteiger partial charge is 0.461 e. The summed E-state index contributed by atoms with van der Waals surface area (Å²) in [4.78, 5) is 27.7. The van der Waals surface area contributed by atoms with E-state index in [1.54, 1.807) is 0 Å². The lowest BCUT2D eigenvalue weighted by Crippen LogP contribution is -2.34. The second-order valence-electron chi connectivity index (χ2n) is 6.92. The van der Waals surface area contributed by atoms with E-state index in [2.05, 4.69) is 4.90 Å². The molecule has 1 saturated heterocycles. The summed E-state index contributed by atoms with van der Waals surface area (Å²) in [6, 6.07) is 5.54. The van der Waals surface area contributed by atoms with Crippen LogP contribution in [0.4, 0.5) is 0 Å². The Kier molecular flexibility index (Phi) is 6.01. The van der Waals surface area contributed by atoms with Gasteiger partial charge >= 0.3 is 5.97 Å². The second-order valence-corrected chi connectivity index (χ2v) is 6.92. The Morgan fingerprint density at radius 2 is 1.85 bits per heavy atom. The van der Waals surface area contributed by atoms with Gasteiger partial charge in [0, 0.05) is 33.1 Å². The van der Waals surface area contributed by atoms with Gasteiger partial charge < -0.3 is 18.5 Å². The van der Waals surface area contributed by atoms with Crippen molar-refractivity contribution in [1.82, 2.24) is 9.80 Å². The van der Waals surface area contributed by atoms with Gasteiger partial charge in [0.05, 0.1) is 6.54 Å². The lowest BCUT2D eigenvalue weighted by atomic mass is 10.2. The lowest BCUT2D eigenvalue weighted by molar-refractivity contribution is -0.142. The zero-order valence-electron chi connectivity index (χ0n) is 16.1. The molecule has 0 aromatic carbocycles. The molecule has 27 heavy (non-hydrogen) atoms. The number of furan rings is 2. The molecule has 1 aliphatic rings. The Morgan fingerprint density at radius 1 is 1.07 bits per heavy atom. The normalized spacial score (nSPS) is 15.6. The van der Waals surface area contributed by atoms with E-state index in [1.807, 2.05) is 36.9 Å². The van der Waals surface area contributed by atoms with Gasteiger partial charge in [0.1, 0.15) is 23.9 Å². The van der Waals surface area contributed by atoms with E-state index in [1.165, 1.54) is 6.92 Å². The zero-order valence-corrected chi connectivity index (χ0v) is 16.1. The van der Waals surface area contributed by atoms with Crippen LogP contribution in [0.2, 0.25) is 0 Å². The summed E-state index contributed by atoms with van der Waals surface area (Å²) in [5.74, 6) is 2.29. The third kappa shape index (κ3) is 5.01. The van der Waals surface area contributed by atoms with Crippen molar-refractivity contribution in [3.63, 3.8) is 0 Å². The zero-order chi connectivity index (χ0) is 19.4. The molecular formula is C20H26N2O5. The van der Waals surface area contributed by atoms with Crippen LogP contribution in [-0.2, 0) is 22.7 Å². The molecule has 0 saturated carbocycles. The second kappa shape index (κ2) is 8.43. The number of aryl methyl sites for hydroxylation is 2. The van der Waals surface area contributed by atoms with E-state index in [0.717, 1.165) is 36.6 Å².